The number of allylic oxidation sites excluding steroid dienone is 2. The maximum absolute atomic E-state index is 8.78. The summed E-state index contributed by atoms with van der Waals surface area (Å²) in [6.07, 6.45) is 0.614. The SMILES string of the molecule is C=C(C)/C(CCO)=C(/C)N(C)N. The summed E-state index contributed by atoms with van der Waals surface area (Å²) in [5.74, 6) is 5.56. The first kappa shape index (κ1) is 11.2. The van der Waals surface area contributed by atoms with Crippen molar-refractivity contribution >= 4 is 0 Å². The van der Waals surface area contributed by atoms with Crippen LogP contribution in [0, 0.1) is 0 Å². The zero-order chi connectivity index (χ0) is 9.72. The lowest BCUT2D eigenvalue weighted by Gasteiger charge is -2.18. The van der Waals surface area contributed by atoms with Crippen molar-refractivity contribution in [3.8, 4) is 0 Å². The van der Waals surface area contributed by atoms with E-state index < -0.39 is 0 Å². The zero-order valence-electron chi connectivity index (χ0n) is 8.09. The Labute approximate surface area is 74.1 Å². The van der Waals surface area contributed by atoms with Crippen molar-refractivity contribution in [2.45, 2.75) is 20.3 Å². The molecule has 0 aliphatic heterocycles. The average Bonchev–Trinajstić information content (AvgIpc) is 1.98. The summed E-state index contributed by atoms with van der Waals surface area (Å²) in [5, 5.41) is 10.3. The quantitative estimate of drug-likeness (QED) is 0.376. The Morgan fingerprint density at radius 3 is 2.25 bits per heavy atom. The third-order valence-corrected chi connectivity index (χ3v) is 1.84. The number of hydrazine groups is 1. The lowest BCUT2D eigenvalue weighted by molar-refractivity contribution is 0.297. The molecule has 0 rings (SSSR count). The minimum atomic E-state index is 0.132. The standard InChI is InChI=1S/C9H18N2O/c1-7(2)9(5-6-12)8(3)11(4)10/h12H,1,5-6,10H2,2-4H3/b9-8-. The van der Waals surface area contributed by atoms with Crippen LogP contribution in [0.15, 0.2) is 23.4 Å². The molecule has 3 N–H and O–H groups in total. The van der Waals surface area contributed by atoms with Crippen LogP contribution in [-0.2, 0) is 0 Å². The number of aliphatic hydroxyl groups excluding tert-OH is 1. The molecule has 0 radical (unpaired) electrons. The molecule has 3 heteroatoms. The van der Waals surface area contributed by atoms with Gasteiger partial charge in [0, 0.05) is 19.4 Å². The fraction of sp³-hybridized carbons (Fsp3) is 0.556. The molecule has 0 aromatic rings. The van der Waals surface area contributed by atoms with Crippen LogP contribution < -0.4 is 5.84 Å². The van der Waals surface area contributed by atoms with E-state index in [1.165, 1.54) is 0 Å². The minimum Gasteiger partial charge on any atom is -0.396 e. The Morgan fingerprint density at radius 2 is 2.00 bits per heavy atom. The Hall–Kier alpha value is -0.800. The van der Waals surface area contributed by atoms with Gasteiger partial charge >= 0.3 is 0 Å². The van der Waals surface area contributed by atoms with Gasteiger partial charge in [0.2, 0.25) is 0 Å². The van der Waals surface area contributed by atoms with Gasteiger partial charge in [0.15, 0.2) is 0 Å². The van der Waals surface area contributed by atoms with Crippen molar-refractivity contribution in [1.29, 1.82) is 0 Å². The van der Waals surface area contributed by atoms with Crippen molar-refractivity contribution in [3.05, 3.63) is 23.4 Å². The zero-order valence-corrected chi connectivity index (χ0v) is 8.09. The Bertz CT molecular complexity index is 195. The molecule has 0 aliphatic rings. The second-order valence-corrected chi connectivity index (χ2v) is 2.93. The molecular formula is C9H18N2O. The summed E-state index contributed by atoms with van der Waals surface area (Å²) in [7, 11) is 1.77. The highest BCUT2D eigenvalue weighted by Gasteiger charge is 2.04. The lowest BCUT2D eigenvalue weighted by Crippen LogP contribution is -2.25. The first-order valence-electron chi connectivity index (χ1n) is 3.95. The van der Waals surface area contributed by atoms with Gasteiger partial charge in [0.05, 0.1) is 0 Å². The van der Waals surface area contributed by atoms with E-state index in [2.05, 4.69) is 6.58 Å². The van der Waals surface area contributed by atoms with Gasteiger partial charge in [-0.2, -0.15) is 0 Å². The molecule has 0 heterocycles. The topological polar surface area (TPSA) is 49.5 Å². The summed E-state index contributed by atoms with van der Waals surface area (Å²) < 4.78 is 0. The Morgan fingerprint density at radius 1 is 1.50 bits per heavy atom. The first-order valence-corrected chi connectivity index (χ1v) is 3.95. The largest absolute Gasteiger partial charge is 0.396 e. The highest BCUT2D eigenvalue weighted by Crippen LogP contribution is 2.16. The van der Waals surface area contributed by atoms with E-state index in [0.29, 0.717) is 6.42 Å². The fourth-order valence-corrected chi connectivity index (χ4v) is 1.03. The van der Waals surface area contributed by atoms with E-state index in [1.54, 1.807) is 12.1 Å². The molecule has 3 nitrogen and oxygen atoms in total. The van der Waals surface area contributed by atoms with Gasteiger partial charge in [-0.1, -0.05) is 12.2 Å². The second kappa shape index (κ2) is 4.95. The molecule has 0 unspecified atom stereocenters. The second-order valence-electron chi connectivity index (χ2n) is 2.93. The van der Waals surface area contributed by atoms with Crippen molar-refractivity contribution in [2.75, 3.05) is 13.7 Å². The van der Waals surface area contributed by atoms with E-state index in [-0.39, 0.29) is 6.61 Å². The molecule has 0 amide bonds. The van der Waals surface area contributed by atoms with Crippen LogP contribution in [0.4, 0.5) is 0 Å². The highest BCUT2D eigenvalue weighted by molar-refractivity contribution is 5.30. The monoisotopic (exact) mass is 170 g/mol. The summed E-state index contributed by atoms with van der Waals surface area (Å²) in [4.78, 5) is 0. The predicted octanol–water partition coefficient (Wildman–Crippen LogP) is 1.02. The van der Waals surface area contributed by atoms with E-state index in [4.69, 9.17) is 10.9 Å². The van der Waals surface area contributed by atoms with Crippen LogP contribution in [0.2, 0.25) is 0 Å². The molecule has 0 aliphatic carbocycles. The molecule has 0 saturated heterocycles. The molecule has 0 bridgehead atoms. The molecule has 0 spiro atoms. The number of nitrogens with zero attached hydrogens (tertiary/aromatic N) is 1. The van der Waals surface area contributed by atoms with Gasteiger partial charge in [-0.3, -0.25) is 0 Å². The van der Waals surface area contributed by atoms with Crippen LogP contribution in [0.1, 0.15) is 20.3 Å². The summed E-state index contributed by atoms with van der Waals surface area (Å²) in [6.45, 7) is 7.79. The third kappa shape index (κ3) is 3.07. The molecule has 70 valence electrons. The van der Waals surface area contributed by atoms with Crippen molar-refractivity contribution in [1.82, 2.24) is 5.01 Å². The van der Waals surface area contributed by atoms with E-state index in [9.17, 15) is 0 Å². The van der Waals surface area contributed by atoms with Gasteiger partial charge in [-0.25, -0.2) is 5.84 Å². The van der Waals surface area contributed by atoms with Gasteiger partial charge in [0.25, 0.3) is 0 Å². The summed E-state index contributed by atoms with van der Waals surface area (Å²) in [6, 6.07) is 0. The third-order valence-electron chi connectivity index (χ3n) is 1.84. The first-order chi connectivity index (χ1) is 5.50. The van der Waals surface area contributed by atoms with Gasteiger partial charge in [0.1, 0.15) is 0 Å². The van der Waals surface area contributed by atoms with Crippen LogP contribution in [0.3, 0.4) is 0 Å². The number of rotatable bonds is 4. The van der Waals surface area contributed by atoms with Crippen LogP contribution in [-0.4, -0.2) is 23.8 Å². The van der Waals surface area contributed by atoms with Crippen LogP contribution in [0.25, 0.3) is 0 Å². The van der Waals surface area contributed by atoms with Gasteiger partial charge in [-0.15, -0.1) is 0 Å². The average molecular weight is 170 g/mol. The van der Waals surface area contributed by atoms with E-state index >= 15 is 0 Å². The molecule has 0 saturated carbocycles. The maximum Gasteiger partial charge on any atom is 0.0472 e. The molecule has 0 aromatic heterocycles. The van der Waals surface area contributed by atoms with Crippen molar-refractivity contribution < 1.29 is 5.11 Å². The smallest absolute Gasteiger partial charge is 0.0472 e. The van der Waals surface area contributed by atoms with E-state index in [1.807, 2.05) is 13.8 Å². The Balaban J connectivity index is 4.67. The highest BCUT2D eigenvalue weighted by atomic mass is 16.2. The molecule has 0 aromatic carbocycles. The summed E-state index contributed by atoms with van der Waals surface area (Å²) >= 11 is 0. The van der Waals surface area contributed by atoms with Gasteiger partial charge in [-0.05, 0) is 25.8 Å². The number of nitrogens with two attached hydrogens (primary N) is 1. The molecule has 0 atom stereocenters. The summed E-state index contributed by atoms with van der Waals surface area (Å²) in [5.41, 5.74) is 2.94. The molecule has 0 fully saturated rings. The van der Waals surface area contributed by atoms with Crippen molar-refractivity contribution in [3.63, 3.8) is 0 Å². The normalized spacial score (nSPS) is 12.4. The fourth-order valence-electron chi connectivity index (χ4n) is 1.03. The van der Waals surface area contributed by atoms with Crippen LogP contribution >= 0.6 is 0 Å². The predicted molar refractivity (Wildman–Crippen MR) is 51.2 cm³/mol. The van der Waals surface area contributed by atoms with E-state index in [0.717, 1.165) is 16.8 Å². The number of hydrogen-bond donors (Lipinski definition) is 2. The Kier molecular flexibility index (Phi) is 4.62. The maximum atomic E-state index is 8.78. The number of hydrogen-bond acceptors (Lipinski definition) is 3. The minimum absolute atomic E-state index is 0.132. The molecule has 12 heavy (non-hydrogen) atoms. The van der Waals surface area contributed by atoms with Crippen LogP contribution in [0.5, 0.6) is 0 Å². The van der Waals surface area contributed by atoms with Gasteiger partial charge < -0.3 is 10.1 Å². The van der Waals surface area contributed by atoms with Crippen molar-refractivity contribution in [2.24, 2.45) is 5.84 Å². The molecular weight excluding hydrogens is 152 g/mol. The lowest BCUT2D eigenvalue weighted by atomic mass is 10.0. The number of aliphatic hydroxyl groups is 1.